The maximum absolute atomic E-state index is 5.47. The minimum Gasteiger partial charge on any atom is -0.496 e. The van der Waals surface area contributed by atoms with E-state index in [2.05, 4.69) is 70.6 Å². The lowest BCUT2D eigenvalue weighted by molar-refractivity contribution is 0.411. The van der Waals surface area contributed by atoms with Crippen LogP contribution in [-0.4, -0.2) is 13.7 Å². The SMILES string of the molecule is CCNCc1ccc(OC)c(CSc2ccc(Br)cc2)c1. The first kappa shape index (κ1) is 16.4. The van der Waals surface area contributed by atoms with Gasteiger partial charge in [0.1, 0.15) is 5.75 Å². The van der Waals surface area contributed by atoms with Gasteiger partial charge in [-0.1, -0.05) is 28.9 Å². The first-order valence-corrected chi connectivity index (χ1v) is 8.75. The zero-order chi connectivity index (χ0) is 15.1. The molecule has 0 fully saturated rings. The summed E-state index contributed by atoms with van der Waals surface area (Å²) in [4.78, 5) is 1.26. The maximum Gasteiger partial charge on any atom is 0.122 e. The quantitative estimate of drug-likeness (QED) is 0.707. The van der Waals surface area contributed by atoms with Crippen LogP contribution >= 0.6 is 27.7 Å². The van der Waals surface area contributed by atoms with E-state index in [1.54, 1.807) is 7.11 Å². The molecule has 2 rings (SSSR count). The lowest BCUT2D eigenvalue weighted by Crippen LogP contribution is -2.11. The van der Waals surface area contributed by atoms with Crippen LogP contribution in [0.2, 0.25) is 0 Å². The van der Waals surface area contributed by atoms with Crippen LogP contribution in [0, 0.1) is 0 Å². The summed E-state index contributed by atoms with van der Waals surface area (Å²) >= 11 is 5.28. The van der Waals surface area contributed by atoms with Crippen molar-refractivity contribution in [1.82, 2.24) is 5.32 Å². The van der Waals surface area contributed by atoms with Crippen molar-refractivity contribution in [3.8, 4) is 5.75 Å². The molecule has 4 heteroatoms. The van der Waals surface area contributed by atoms with Crippen molar-refractivity contribution < 1.29 is 4.74 Å². The highest BCUT2D eigenvalue weighted by molar-refractivity contribution is 9.10. The van der Waals surface area contributed by atoms with Crippen LogP contribution in [-0.2, 0) is 12.3 Å². The molecule has 2 aromatic rings. The number of methoxy groups -OCH3 is 1. The molecule has 0 aliphatic carbocycles. The van der Waals surface area contributed by atoms with Gasteiger partial charge in [-0.25, -0.2) is 0 Å². The monoisotopic (exact) mass is 365 g/mol. The third kappa shape index (κ3) is 5.06. The van der Waals surface area contributed by atoms with E-state index in [0.717, 1.165) is 29.1 Å². The zero-order valence-electron chi connectivity index (χ0n) is 12.4. The highest BCUT2D eigenvalue weighted by Crippen LogP contribution is 2.29. The molecule has 2 nitrogen and oxygen atoms in total. The lowest BCUT2D eigenvalue weighted by Gasteiger charge is -2.11. The number of hydrogen-bond donors (Lipinski definition) is 1. The fourth-order valence-electron chi connectivity index (χ4n) is 2.02. The lowest BCUT2D eigenvalue weighted by atomic mass is 10.1. The molecule has 21 heavy (non-hydrogen) atoms. The first-order chi connectivity index (χ1) is 10.2. The van der Waals surface area contributed by atoms with Gasteiger partial charge < -0.3 is 10.1 Å². The standard InChI is InChI=1S/C17H20BrNOS/c1-3-19-11-13-4-9-17(20-2)14(10-13)12-21-16-7-5-15(18)6-8-16/h4-10,19H,3,11-12H2,1-2H3. The summed E-state index contributed by atoms with van der Waals surface area (Å²) in [5.74, 6) is 1.87. The average Bonchev–Trinajstić information content (AvgIpc) is 2.52. The number of rotatable bonds is 7. The highest BCUT2D eigenvalue weighted by atomic mass is 79.9. The van der Waals surface area contributed by atoms with E-state index in [4.69, 9.17) is 4.74 Å². The summed E-state index contributed by atoms with van der Waals surface area (Å²) in [6.07, 6.45) is 0. The molecule has 0 spiro atoms. The second-order valence-corrected chi connectivity index (χ2v) is 6.63. The molecule has 0 amide bonds. The Morgan fingerprint density at radius 1 is 1.14 bits per heavy atom. The number of ether oxygens (including phenoxy) is 1. The largest absolute Gasteiger partial charge is 0.496 e. The number of benzene rings is 2. The molecule has 0 aliphatic heterocycles. The van der Waals surface area contributed by atoms with E-state index in [1.165, 1.54) is 16.0 Å². The summed E-state index contributed by atoms with van der Waals surface area (Å²) < 4.78 is 6.58. The van der Waals surface area contributed by atoms with Gasteiger partial charge in [-0.2, -0.15) is 0 Å². The molecule has 0 saturated heterocycles. The summed E-state index contributed by atoms with van der Waals surface area (Å²) in [7, 11) is 1.73. The van der Waals surface area contributed by atoms with Gasteiger partial charge in [0, 0.05) is 27.2 Å². The van der Waals surface area contributed by atoms with Crippen LogP contribution in [0.4, 0.5) is 0 Å². The van der Waals surface area contributed by atoms with E-state index in [1.807, 2.05) is 11.8 Å². The molecule has 2 aromatic carbocycles. The predicted molar refractivity (Wildman–Crippen MR) is 94.1 cm³/mol. The van der Waals surface area contributed by atoms with Crippen LogP contribution in [0.25, 0.3) is 0 Å². The van der Waals surface area contributed by atoms with Crippen LogP contribution < -0.4 is 10.1 Å². The molecular weight excluding hydrogens is 346 g/mol. The van der Waals surface area contributed by atoms with Crippen LogP contribution in [0.5, 0.6) is 5.75 Å². The fraction of sp³-hybridized carbons (Fsp3) is 0.294. The topological polar surface area (TPSA) is 21.3 Å². The van der Waals surface area contributed by atoms with Crippen LogP contribution in [0.1, 0.15) is 18.1 Å². The van der Waals surface area contributed by atoms with Gasteiger partial charge in [-0.3, -0.25) is 0 Å². The molecule has 0 saturated carbocycles. The fourth-order valence-corrected chi connectivity index (χ4v) is 3.16. The molecule has 0 unspecified atom stereocenters. The Hall–Kier alpha value is -0.970. The van der Waals surface area contributed by atoms with Crippen molar-refractivity contribution >= 4 is 27.7 Å². The normalized spacial score (nSPS) is 10.6. The van der Waals surface area contributed by atoms with Gasteiger partial charge in [-0.15, -0.1) is 11.8 Å². The van der Waals surface area contributed by atoms with Gasteiger partial charge >= 0.3 is 0 Å². The Morgan fingerprint density at radius 3 is 2.57 bits per heavy atom. The van der Waals surface area contributed by atoms with Gasteiger partial charge in [0.15, 0.2) is 0 Å². The van der Waals surface area contributed by atoms with Gasteiger partial charge in [0.05, 0.1) is 7.11 Å². The average molecular weight is 366 g/mol. The zero-order valence-corrected chi connectivity index (χ0v) is 14.8. The van der Waals surface area contributed by atoms with Crippen molar-refractivity contribution in [2.75, 3.05) is 13.7 Å². The van der Waals surface area contributed by atoms with Crippen molar-refractivity contribution in [2.24, 2.45) is 0 Å². The third-order valence-corrected chi connectivity index (χ3v) is 4.72. The van der Waals surface area contributed by atoms with Crippen molar-refractivity contribution in [1.29, 1.82) is 0 Å². The minimum atomic E-state index is 0.899. The molecular formula is C17H20BrNOS. The second-order valence-electron chi connectivity index (χ2n) is 4.67. The van der Waals surface area contributed by atoms with Gasteiger partial charge in [0.2, 0.25) is 0 Å². The second kappa shape index (κ2) is 8.47. The van der Waals surface area contributed by atoms with E-state index in [-0.39, 0.29) is 0 Å². The van der Waals surface area contributed by atoms with E-state index < -0.39 is 0 Å². The molecule has 0 aromatic heterocycles. The van der Waals surface area contributed by atoms with E-state index in [9.17, 15) is 0 Å². The summed E-state index contributed by atoms with van der Waals surface area (Å²) in [6, 6.07) is 14.8. The van der Waals surface area contributed by atoms with E-state index >= 15 is 0 Å². The Bertz CT molecular complexity index is 572. The smallest absolute Gasteiger partial charge is 0.122 e. The summed E-state index contributed by atoms with van der Waals surface area (Å²) in [5, 5.41) is 3.36. The Labute approximate surface area is 139 Å². The summed E-state index contributed by atoms with van der Waals surface area (Å²) in [6.45, 7) is 4.00. The molecule has 112 valence electrons. The third-order valence-electron chi connectivity index (χ3n) is 3.13. The maximum atomic E-state index is 5.47. The number of halogens is 1. The Kier molecular flexibility index (Phi) is 6.61. The number of thioether (sulfide) groups is 1. The van der Waals surface area contributed by atoms with Crippen LogP contribution in [0.3, 0.4) is 0 Å². The number of hydrogen-bond acceptors (Lipinski definition) is 3. The van der Waals surface area contributed by atoms with Gasteiger partial charge in [-0.05, 0) is 48.5 Å². The molecule has 0 atom stereocenters. The number of nitrogens with one attached hydrogen (secondary N) is 1. The molecule has 0 bridgehead atoms. The molecule has 0 radical (unpaired) electrons. The van der Waals surface area contributed by atoms with Crippen molar-refractivity contribution in [3.63, 3.8) is 0 Å². The first-order valence-electron chi connectivity index (χ1n) is 6.97. The highest BCUT2D eigenvalue weighted by Gasteiger charge is 2.05. The minimum absolute atomic E-state index is 0.899. The molecule has 0 heterocycles. The van der Waals surface area contributed by atoms with E-state index in [0.29, 0.717) is 0 Å². The predicted octanol–water partition coefficient (Wildman–Crippen LogP) is 4.86. The van der Waals surface area contributed by atoms with Crippen molar-refractivity contribution in [3.05, 3.63) is 58.1 Å². The van der Waals surface area contributed by atoms with Crippen molar-refractivity contribution in [2.45, 2.75) is 24.1 Å². The molecule has 0 aliphatic rings. The summed E-state index contributed by atoms with van der Waals surface area (Å²) in [5.41, 5.74) is 2.53. The Balaban J connectivity index is 2.07. The molecule has 1 N–H and O–H groups in total. The van der Waals surface area contributed by atoms with Crippen LogP contribution in [0.15, 0.2) is 51.8 Å². The van der Waals surface area contributed by atoms with Gasteiger partial charge in [0.25, 0.3) is 0 Å². The Morgan fingerprint density at radius 2 is 1.90 bits per heavy atom.